The quantitative estimate of drug-likeness (QED) is 0.719. The van der Waals surface area contributed by atoms with E-state index in [2.05, 4.69) is 4.72 Å². The van der Waals surface area contributed by atoms with Gasteiger partial charge in [0.1, 0.15) is 0 Å². The summed E-state index contributed by atoms with van der Waals surface area (Å²) >= 11 is 5.90. The first-order valence-corrected chi connectivity index (χ1v) is 7.74. The lowest BCUT2D eigenvalue weighted by molar-refractivity contribution is 0.227. The number of rotatable bonds is 5. The fourth-order valence-electron chi connectivity index (χ4n) is 1.57. The third-order valence-electron chi connectivity index (χ3n) is 2.87. The maximum Gasteiger partial charge on any atom is 0.240 e. The van der Waals surface area contributed by atoms with Gasteiger partial charge in [0, 0.05) is 6.04 Å². The summed E-state index contributed by atoms with van der Waals surface area (Å²) < 4.78 is 26.9. The summed E-state index contributed by atoms with van der Waals surface area (Å²) in [7, 11) is -3.73. The van der Waals surface area contributed by atoms with Crippen LogP contribution in [0.5, 0.6) is 0 Å². The van der Waals surface area contributed by atoms with Crippen molar-refractivity contribution in [3.05, 3.63) is 22.7 Å². The minimum absolute atomic E-state index is 0.0227. The van der Waals surface area contributed by atoms with Crippen LogP contribution >= 0.6 is 11.6 Å². The second kappa shape index (κ2) is 6.09. The van der Waals surface area contributed by atoms with Crippen molar-refractivity contribution in [1.29, 1.82) is 0 Å². The van der Waals surface area contributed by atoms with Gasteiger partial charge < -0.3 is 10.8 Å². The topological polar surface area (TPSA) is 92.4 Å². The van der Waals surface area contributed by atoms with Crippen LogP contribution < -0.4 is 10.5 Å². The first-order chi connectivity index (χ1) is 8.69. The Morgan fingerprint density at radius 3 is 2.42 bits per heavy atom. The first-order valence-electron chi connectivity index (χ1n) is 5.88. The lowest BCUT2D eigenvalue weighted by Crippen LogP contribution is -2.41. The number of nitrogens with one attached hydrogen (secondary N) is 1. The summed E-state index contributed by atoms with van der Waals surface area (Å²) in [5.74, 6) is -0.0227. The molecular formula is C12H19ClN2O3S. The lowest BCUT2D eigenvalue weighted by Gasteiger charge is -2.20. The van der Waals surface area contributed by atoms with Gasteiger partial charge in [-0.1, -0.05) is 25.4 Å². The average Bonchev–Trinajstić information content (AvgIpc) is 2.32. The van der Waals surface area contributed by atoms with Gasteiger partial charge in [-0.15, -0.1) is 0 Å². The van der Waals surface area contributed by atoms with Crippen LogP contribution in [0, 0.1) is 12.8 Å². The average molecular weight is 307 g/mol. The number of halogens is 1. The number of aryl methyl sites for hydroxylation is 1. The molecule has 1 atom stereocenters. The van der Waals surface area contributed by atoms with Gasteiger partial charge in [-0.05, 0) is 30.5 Å². The van der Waals surface area contributed by atoms with E-state index < -0.39 is 16.1 Å². The molecule has 0 aromatic heterocycles. The van der Waals surface area contributed by atoms with E-state index in [1.165, 1.54) is 12.1 Å². The van der Waals surface area contributed by atoms with Gasteiger partial charge in [-0.3, -0.25) is 0 Å². The van der Waals surface area contributed by atoms with Gasteiger partial charge in [-0.2, -0.15) is 0 Å². The molecule has 1 rings (SSSR count). The Hall–Kier alpha value is -0.820. The number of hydrogen-bond donors (Lipinski definition) is 3. The molecule has 5 nitrogen and oxygen atoms in total. The molecule has 0 aliphatic heterocycles. The zero-order valence-electron chi connectivity index (χ0n) is 11.1. The van der Waals surface area contributed by atoms with Crippen LogP contribution in [0.3, 0.4) is 0 Å². The number of nitrogen functional groups attached to an aromatic ring is 1. The molecule has 1 aromatic rings. The van der Waals surface area contributed by atoms with Crippen molar-refractivity contribution in [1.82, 2.24) is 4.72 Å². The van der Waals surface area contributed by atoms with Crippen molar-refractivity contribution < 1.29 is 13.5 Å². The smallest absolute Gasteiger partial charge is 0.240 e. The van der Waals surface area contributed by atoms with Crippen molar-refractivity contribution in [2.75, 3.05) is 12.3 Å². The van der Waals surface area contributed by atoms with Crippen LogP contribution in [0.1, 0.15) is 19.4 Å². The van der Waals surface area contributed by atoms with E-state index >= 15 is 0 Å². The van der Waals surface area contributed by atoms with Crippen LogP contribution in [-0.2, 0) is 10.0 Å². The second-order valence-corrected chi connectivity index (χ2v) is 6.89. The molecule has 0 aliphatic rings. The number of aliphatic hydroxyl groups excluding tert-OH is 1. The van der Waals surface area contributed by atoms with E-state index in [-0.39, 0.29) is 23.1 Å². The Morgan fingerprint density at radius 1 is 1.42 bits per heavy atom. The first kappa shape index (κ1) is 16.2. The van der Waals surface area contributed by atoms with Gasteiger partial charge in [0.2, 0.25) is 10.0 Å². The van der Waals surface area contributed by atoms with Gasteiger partial charge in [-0.25, -0.2) is 13.1 Å². The fraction of sp³-hybridized carbons (Fsp3) is 0.500. The molecule has 0 aliphatic carbocycles. The number of benzene rings is 1. The van der Waals surface area contributed by atoms with E-state index in [1.807, 2.05) is 13.8 Å². The van der Waals surface area contributed by atoms with Crippen molar-refractivity contribution >= 4 is 27.3 Å². The SMILES string of the molecule is Cc1cc(S(=O)(=O)NC(CO)C(C)C)cc(N)c1Cl. The number of anilines is 1. The molecule has 0 saturated heterocycles. The molecule has 1 unspecified atom stereocenters. The number of aliphatic hydroxyl groups is 1. The summed E-state index contributed by atoms with van der Waals surface area (Å²) in [6.07, 6.45) is 0. The van der Waals surface area contributed by atoms with Crippen LogP contribution in [-0.4, -0.2) is 26.2 Å². The van der Waals surface area contributed by atoms with Crippen molar-refractivity contribution in [3.63, 3.8) is 0 Å². The van der Waals surface area contributed by atoms with Gasteiger partial charge >= 0.3 is 0 Å². The largest absolute Gasteiger partial charge is 0.397 e. The molecule has 7 heteroatoms. The van der Waals surface area contributed by atoms with E-state index in [9.17, 15) is 13.5 Å². The minimum atomic E-state index is -3.73. The van der Waals surface area contributed by atoms with Crippen LogP contribution in [0.15, 0.2) is 17.0 Å². The maximum atomic E-state index is 12.2. The van der Waals surface area contributed by atoms with Gasteiger partial charge in [0.05, 0.1) is 22.2 Å². The second-order valence-electron chi connectivity index (χ2n) is 4.80. The third kappa shape index (κ3) is 3.82. The summed E-state index contributed by atoms with van der Waals surface area (Å²) in [5, 5.41) is 9.54. The van der Waals surface area contributed by atoms with E-state index in [4.69, 9.17) is 17.3 Å². The Labute approximate surface area is 118 Å². The van der Waals surface area contributed by atoms with Crippen LogP contribution in [0.2, 0.25) is 5.02 Å². The van der Waals surface area contributed by atoms with E-state index in [0.717, 1.165) is 0 Å². The molecule has 4 N–H and O–H groups in total. The normalized spacial score (nSPS) is 13.8. The number of hydrogen-bond acceptors (Lipinski definition) is 4. The van der Waals surface area contributed by atoms with Crippen LogP contribution in [0.25, 0.3) is 0 Å². The molecule has 0 fully saturated rings. The Balaban J connectivity index is 3.14. The molecule has 19 heavy (non-hydrogen) atoms. The van der Waals surface area contributed by atoms with Gasteiger partial charge in [0.25, 0.3) is 0 Å². The lowest BCUT2D eigenvalue weighted by atomic mass is 10.1. The highest BCUT2D eigenvalue weighted by atomic mass is 35.5. The van der Waals surface area contributed by atoms with Crippen molar-refractivity contribution in [3.8, 4) is 0 Å². The van der Waals surface area contributed by atoms with Crippen LogP contribution in [0.4, 0.5) is 5.69 Å². The fourth-order valence-corrected chi connectivity index (χ4v) is 3.17. The molecule has 0 spiro atoms. The summed E-state index contributed by atoms with van der Waals surface area (Å²) in [6.45, 7) is 5.07. The van der Waals surface area contributed by atoms with Crippen molar-refractivity contribution in [2.24, 2.45) is 5.92 Å². The summed E-state index contributed by atoms with van der Waals surface area (Å²) in [5.41, 5.74) is 6.47. The molecule has 108 valence electrons. The van der Waals surface area contributed by atoms with E-state index in [1.54, 1.807) is 6.92 Å². The highest BCUT2D eigenvalue weighted by Crippen LogP contribution is 2.27. The molecule has 0 amide bonds. The molecule has 0 saturated carbocycles. The highest BCUT2D eigenvalue weighted by Gasteiger charge is 2.23. The third-order valence-corrected chi connectivity index (χ3v) is 4.86. The number of nitrogens with two attached hydrogens (primary N) is 1. The molecule has 0 bridgehead atoms. The Bertz CT molecular complexity index is 535. The zero-order valence-corrected chi connectivity index (χ0v) is 12.7. The van der Waals surface area contributed by atoms with E-state index in [0.29, 0.717) is 10.6 Å². The van der Waals surface area contributed by atoms with Gasteiger partial charge in [0.15, 0.2) is 0 Å². The highest BCUT2D eigenvalue weighted by molar-refractivity contribution is 7.89. The number of sulfonamides is 1. The molecule has 0 heterocycles. The predicted octanol–water partition coefficient (Wildman–Crippen LogP) is 1.53. The predicted molar refractivity (Wildman–Crippen MR) is 76.6 cm³/mol. The molecular weight excluding hydrogens is 288 g/mol. The maximum absolute atomic E-state index is 12.2. The Kier molecular flexibility index (Phi) is 5.20. The molecule has 1 aromatic carbocycles. The monoisotopic (exact) mass is 306 g/mol. The Morgan fingerprint density at radius 2 is 2.00 bits per heavy atom. The summed E-state index contributed by atoms with van der Waals surface area (Å²) in [6, 6.07) is 2.23. The summed E-state index contributed by atoms with van der Waals surface area (Å²) in [4.78, 5) is 0.0472. The molecule has 0 radical (unpaired) electrons. The standard InChI is InChI=1S/C12H19ClN2O3S/c1-7(2)11(6-16)15-19(17,18)9-4-8(3)12(13)10(14)5-9/h4-5,7,11,15-16H,6,14H2,1-3H3. The zero-order chi connectivity index (χ0) is 14.8. The van der Waals surface area contributed by atoms with Crippen molar-refractivity contribution in [2.45, 2.75) is 31.7 Å². The minimum Gasteiger partial charge on any atom is -0.397 e.